The fraction of sp³-hybridized carbons (Fsp3) is 0.500. The molecule has 7 N–H and O–H groups in total. The van der Waals surface area contributed by atoms with Crippen molar-refractivity contribution in [1.29, 1.82) is 0 Å². The molecule has 0 aromatic carbocycles. The molecular weight excluding hydrogens is 132 g/mol. The number of nitrogens with zero attached hydrogens (tertiary/aromatic N) is 2. The lowest BCUT2D eigenvalue weighted by Crippen LogP contribution is -2.46. The highest BCUT2D eigenvalue weighted by molar-refractivity contribution is 5.86. The van der Waals surface area contributed by atoms with Crippen LogP contribution in [0, 0.1) is 0 Å². The van der Waals surface area contributed by atoms with Gasteiger partial charge in [-0.3, -0.25) is 4.99 Å². The number of hydrogen-bond acceptors (Lipinski definition) is 5. The standard InChI is InChI=1S/C4H12N6/c1-8-2-3(5)4(9-6)10-7/h3H,1-2,5-7H2,(H,9,10). The monoisotopic (exact) mass is 144 g/mol. The zero-order valence-corrected chi connectivity index (χ0v) is 5.62. The Morgan fingerprint density at radius 3 is 2.60 bits per heavy atom. The van der Waals surface area contributed by atoms with Crippen molar-refractivity contribution >= 4 is 12.6 Å². The molecule has 0 saturated carbocycles. The molecule has 0 heterocycles. The minimum Gasteiger partial charge on any atom is -0.321 e. The molecule has 0 aliphatic heterocycles. The Bertz CT molecular complexity index is 130. The van der Waals surface area contributed by atoms with E-state index in [4.69, 9.17) is 17.4 Å². The van der Waals surface area contributed by atoms with E-state index >= 15 is 0 Å². The topological polar surface area (TPSA) is 115 Å². The van der Waals surface area contributed by atoms with E-state index in [2.05, 4.69) is 22.2 Å². The van der Waals surface area contributed by atoms with Gasteiger partial charge in [-0.15, -0.1) is 0 Å². The zero-order valence-electron chi connectivity index (χ0n) is 5.62. The molecule has 0 aromatic heterocycles. The van der Waals surface area contributed by atoms with E-state index in [-0.39, 0.29) is 0 Å². The first kappa shape index (κ1) is 8.86. The summed E-state index contributed by atoms with van der Waals surface area (Å²) in [6.07, 6.45) is 0. The number of hydrazone groups is 1. The number of aliphatic imine (C=N–C) groups is 1. The summed E-state index contributed by atoms with van der Waals surface area (Å²) >= 11 is 0. The Kier molecular flexibility index (Phi) is 4.17. The highest BCUT2D eigenvalue weighted by Gasteiger charge is 2.06. The maximum absolute atomic E-state index is 5.46. The van der Waals surface area contributed by atoms with Gasteiger partial charge in [-0.05, 0) is 6.72 Å². The van der Waals surface area contributed by atoms with Crippen molar-refractivity contribution in [3.63, 3.8) is 0 Å². The van der Waals surface area contributed by atoms with Crippen LogP contribution in [0.2, 0.25) is 0 Å². The lowest BCUT2D eigenvalue weighted by Gasteiger charge is -2.09. The highest BCUT2D eigenvalue weighted by atomic mass is 15.3. The van der Waals surface area contributed by atoms with Crippen LogP contribution in [0.25, 0.3) is 0 Å². The van der Waals surface area contributed by atoms with Crippen LogP contribution in [0.15, 0.2) is 10.1 Å². The van der Waals surface area contributed by atoms with Crippen molar-refractivity contribution in [1.82, 2.24) is 5.43 Å². The van der Waals surface area contributed by atoms with Gasteiger partial charge in [0.2, 0.25) is 0 Å². The Labute approximate surface area is 59.1 Å². The Morgan fingerprint density at radius 2 is 2.30 bits per heavy atom. The highest BCUT2D eigenvalue weighted by Crippen LogP contribution is 1.79. The van der Waals surface area contributed by atoms with Gasteiger partial charge in [0.15, 0.2) is 5.84 Å². The molecule has 0 radical (unpaired) electrons. The molecule has 0 spiro atoms. The van der Waals surface area contributed by atoms with Gasteiger partial charge in [0.25, 0.3) is 0 Å². The van der Waals surface area contributed by atoms with Crippen molar-refractivity contribution in [2.45, 2.75) is 6.04 Å². The average Bonchev–Trinajstić information content (AvgIpc) is 1.91. The molecule has 0 rings (SSSR count). The molecule has 0 fully saturated rings. The molecular formula is C4H12N6. The summed E-state index contributed by atoms with van der Waals surface area (Å²) in [4.78, 5) is 3.55. The molecule has 58 valence electrons. The van der Waals surface area contributed by atoms with E-state index in [0.29, 0.717) is 12.4 Å². The number of nitrogens with one attached hydrogen (secondary N) is 1. The minimum atomic E-state index is -0.396. The van der Waals surface area contributed by atoms with Gasteiger partial charge in [0.05, 0.1) is 12.6 Å². The molecule has 6 heteroatoms. The van der Waals surface area contributed by atoms with Crippen LogP contribution in [-0.2, 0) is 0 Å². The zero-order chi connectivity index (χ0) is 7.98. The van der Waals surface area contributed by atoms with Gasteiger partial charge in [-0.2, -0.15) is 5.10 Å². The van der Waals surface area contributed by atoms with Gasteiger partial charge in [0.1, 0.15) is 0 Å². The molecule has 0 saturated heterocycles. The summed E-state index contributed by atoms with van der Waals surface area (Å²) in [6.45, 7) is 3.60. The van der Waals surface area contributed by atoms with Crippen molar-refractivity contribution in [3.8, 4) is 0 Å². The molecule has 1 atom stereocenters. The van der Waals surface area contributed by atoms with Crippen LogP contribution >= 0.6 is 0 Å². The number of hydrazine groups is 1. The van der Waals surface area contributed by atoms with Gasteiger partial charge in [0, 0.05) is 0 Å². The lowest BCUT2D eigenvalue weighted by atomic mass is 10.3. The SMILES string of the molecule is C=NCC(N)C(=NN)NN. The number of amidine groups is 1. The van der Waals surface area contributed by atoms with Gasteiger partial charge in [-0.25, -0.2) is 5.84 Å². The first-order valence-electron chi connectivity index (χ1n) is 2.68. The molecule has 1 unspecified atom stereocenters. The van der Waals surface area contributed by atoms with Crippen molar-refractivity contribution < 1.29 is 0 Å². The van der Waals surface area contributed by atoms with Crippen molar-refractivity contribution in [2.24, 2.45) is 27.5 Å². The Morgan fingerprint density at radius 1 is 1.70 bits per heavy atom. The second-order valence-electron chi connectivity index (χ2n) is 1.67. The molecule has 0 aliphatic carbocycles. The lowest BCUT2D eigenvalue weighted by molar-refractivity contribution is 0.808. The van der Waals surface area contributed by atoms with Crippen LogP contribution in [0.1, 0.15) is 0 Å². The van der Waals surface area contributed by atoms with E-state index < -0.39 is 6.04 Å². The summed E-state index contributed by atoms with van der Waals surface area (Å²) in [6, 6.07) is -0.396. The molecule has 0 aromatic rings. The summed E-state index contributed by atoms with van der Waals surface area (Å²) in [5.74, 6) is 10.2. The van der Waals surface area contributed by atoms with Crippen LogP contribution in [0.4, 0.5) is 0 Å². The van der Waals surface area contributed by atoms with E-state index in [9.17, 15) is 0 Å². The van der Waals surface area contributed by atoms with Crippen LogP contribution < -0.4 is 22.8 Å². The van der Waals surface area contributed by atoms with Crippen LogP contribution in [0.5, 0.6) is 0 Å². The average molecular weight is 144 g/mol. The fourth-order valence-corrected chi connectivity index (χ4v) is 0.466. The van der Waals surface area contributed by atoms with Gasteiger partial charge < -0.3 is 17.0 Å². The second-order valence-corrected chi connectivity index (χ2v) is 1.67. The molecule has 6 nitrogen and oxygen atoms in total. The second kappa shape index (κ2) is 4.71. The van der Waals surface area contributed by atoms with E-state index in [1.54, 1.807) is 0 Å². The van der Waals surface area contributed by atoms with E-state index in [1.165, 1.54) is 0 Å². The van der Waals surface area contributed by atoms with Crippen molar-refractivity contribution in [2.75, 3.05) is 6.54 Å². The van der Waals surface area contributed by atoms with E-state index in [0.717, 1.165) is 0 Å². The first-order chi connectivity index (χ1) is 4.76. The minimum absolute atomic E-state index is 0.312. The number of hydrogen-bond donors (Lipinski definition) is 4. The molecule has 0 bridgehead atoms. The predicted molar refractivity (Wildman–Crippen MR) is 41.3 cm³/mol. The normalized spacial score (nSPS) is 14.4. The first-order valence-corrected chi connectivity index (χ1v) is 2.68. The summed E-state index contributed by atoms with van der Waals surface area (Å²) in [7, 11) is 0. The molecule has 10 heavy (non-hydrogen) atoms. The fourth-order valence-electron chi connectivity index (χ4n) is 0.466. The smallest absolute Gasteiger partial charge is 0.154 e. The third-order valence-electron chi connectivity index (χ3n) is 0.964. The maximum Gasteiger partial charge on any atom is 0.154 e. The number of nitrogens with two attached hydrogens (primary N) is 3. The third-order valence-corrected chi connectivity index (χ3v) is 0.964. The number of rotatable bonds is 3. The summed E-state index contributed by atoms with van der Waals surface area (Å²) < 4.78 is 0. The molecule has 0 aliphatic rings. The molecule has 0 amide bonds. The van der Waals surface area contributed by atoms with Crippen LogP contribution in [-0.4, -0.2) is 25.1 Å². The van der Waals surface area contributed by atoms with E-state index in [1.807, 2.05) is 0 Å². The van der Waals surface area contributed by atoms with Crippen LogP contribution in [0.3, 0.4) is 0 Å². The van der Waals surface area contributed by atoms with Crippen molar-refractivity contribution in [3.05, 3.63) is 0 Å². The van der Waals surface area contributed by atoms with Gasteiger partial charge in [-0.1, -0.05) is 0 Å². The largest absolute Gasteiger partial charge is 0.321 e. The van der Waals surface area contributed by atoms with Gasteiger partial charge >= 0.3 is 0 Å². The summed E-state index contributed by atoms with van der Waals surface area (Å²) in [5.41, 5.74) is 7.71. The maximum atomic E-state index is 5.46. The predicted octanol–water partition coefficient (Wildman–Crippen LogP) is -2.25. The Balaban J connectivity index is 3.89. The third kappa shape index (κ3) is 2.42. The Hall–Kier alpha value is -1.14. The summed E-state index contributed by atoms with van der Waals surface area (Å²) in [5, 5.41) is 3.29. The quantitative estimate of drug-likeness (QED) is 0.155.